The molecule has 1 saturated heterocycles. The van der Waals surface area contributed by atoms with Crippen molar-refractivity contribution in [2.45, 2.75) is 38.5 Å². The molecular formula is C31H35IN5O7S+. The molecule has 0 radical (unpaired) electrons. The van der Waals surface area contributed by atoms with Gasteiger partial charge in [-0.3, -0.25) is 19.0 Å². The van der Waals surface area contributed by atoms with E-state index in [1.807, 2.05) is 63.7 Å². The number of urea groups is 1. The van der Waals surface area contributed by atoms with Gasteiger partial charge >= 0.3 is 6.03 Å². The quantitative estimate of drug-likeness (QED) is 0.0936. The predicted octanol–water partition coefficient (Wildman–Crippen LogP) is 2.57. The Morgan fingerprint density at radius 1 is 1.22 bits per heavy atom. The molecule has 12 nitrogen and oxygen atoms in total. The Morgan fingerprint density at radius 3 is 2.58 bits per heavy atom. The van der Waals surface area contributed by atoms with Crippen molar-refractivity contribution in [1.29, 1.82) is 5.26 Å². The maximum absolute atomic E-state index is 12.6. The standard InChI is InChI=1S/C31H34IN5O7S/c1-31(2)24-15-20(19-36(27(38)17-32)12-6-14-45(42,43)44)9-10-25(24)37-13-11-21(16-26(31)37)22(18-33)7-5-8-23-28(39)34(3)30(41)35(4)29(23)40/h5,7-11,13,15-16,23,28,39H,6,12,14,17,19H2,1-4H3/p+1/b8-5+,22-7+. The monoisotopic (exact) mass is 748 g/mol. The van der Waals surface area contributed by atoms with Crippen molar-refractivity contribution in [2.24, 2.45) is 5.92 Å². The summed E-state index contributed by atoms with van der Waals surface area (Å²) in [5.74, 6) is -2.07. The van der Waals surface area contributed by atoms with Crippen molar-refractivity contribution >= 4 is 56.1 Å². The van der Waals surface area contributed by atoms with Crippen molar-refractivity contribution in [2.75, 3.05) is 30.8 Å². The first-order chi connectivity index (χ1) is 21.1. The molecule has 2 aromatic rings. The molecule has 14 heteroatoms. The molecule has 0 spiro atoms. The van der Waals surface area contributed by atoms with Gasteiger partial charge in [0.05, 0.1) is 27.2 Å². The molecule has 238 valence electrons. The third kappa shape index (κ3) is 7.11. The van der Waals surface area contributed by atoms with Crippen molar-refractivity contribution in [3.8, 4) is 11.8 Å². The third-order valence-corrected chi connectivity index (χ3v) is 9.65. The molecular weight excluding hydrogens is 713 g/mol. The Morgan fingerprint density at radius 2 is 1.93 bits per heavy atom. The van der Waals surface area contributed by atoms with Crippen LogP contribution in [0, 0.1) is 17.2 Å². The molecule has 2 atom stereocenters. The van der Waals surface area contributed by atoms with Crippen LogP contribution in [-0.4, -0.2) is 87.7 Å². The Balaban J connectivity index is 1.58. The van der Waals surface area contributed by atoms with Crippen molar-refractivity contribution < 1.29 is 37.0 Å². The summed E-state index contributed by atoms with van der Waals surface area (Å²) in [5.41, 5.74) is 4.32. The summed E-state index contributed by atoms with van der Waals surface area (Å²) in [6.45, 7) is 4.61. The summed E-state index contributed by atoms with van der Waals surface area (Å²) in [6.07, 6.45) is 5.27. The van der Waals surface area contributed by atoms with Gasteiger partial charge in [0.25, 0.3) is 10.1 Å². The molecule has 4 amide bonds. The maximum Gasteiger partial charge on any atom is 0.328 e. The van der Waals surface area contributed by atoms with Gasteiger partial charge in [0.15, 0.2) is 11.9 Å². The number of rotatable bonds is 10. The molecule has 2 aliphatic heterocycles. The summed E-state index contributed by atoms with van der Waals surface area (Å²) in [6, 6.07) is 11.3. The van der Waals surface area contributed by atoms with E-state index in [1.165, 1.54) is 26.2 Å². The molecule has 0 saturated carbocycles. The number of carbonyl (C=O) groups is 3. The summed E-state index contributed by atoms with van der Waals surface area (Å²) in [5, 5.41) is 20.4. The van der Waals surface area contributed by atoms with E-state index < -0.39 is 45.4 Å². The minimum Gasteiger partial charge on any atom is -0.372 e. The topological polar surface area (TPSA) is 163 Å². The first-order valence-electron chi connectivity index (χ1n) is 14.1. The van der Waals surface area contributed by atoms with Gasteiger partial charge in [-0.25, -0.2) is 4.79 Å². The van der Waals surface area contributed by atoms with E-state index in [-0.39, 0.29) is 29.8 Å². The number of alkyl halides is 1. The molecule has 3 heterocycles. The van der Waals surface area contributed by atoms with Crippen LogP contribution in [0.3, 0.4) is 0 Å². The highest BCUT2D eigenvalue weighted by Crippen LogP contribution is 2.39. The average molecular weight is 749 g/mol. The number of nitriles is 1. The molecule has 2 unspecified atom stereocenters. The predicted molar refractivity (Wildman–Crippen MR) is 174 cm³/mol. The van der Waals surface area contributed by atoms with Crippen LogP contribution in [0.1, 0.15) is 42.7 Å². The van der Waals surface area contributed by atoms with Crippen LogP contribution in [0.4, 0.5) is 4.79 Å². The number of hydrogen-bond acceptors (Lipinski definition) is 7. The number of imide groups is 1. The van der Waals surface area contributed by atoms with Crippen LogP contribution in [0.2, 0.25) is 0 Å². The lowest BCUT2D eigenvalue weighted by molar-refractivity contribution is -0.599. The molecule has 2 N–H and O–H groups in total. The Bertz CT molecular complexity index is 1750. The number of aliphatic hydroxyl groups is 1. The molecule has 2 aliphatic rings. The zero-order valence-electron chi connectivity index (χ0n) is 25.3. The fraction of sp³-hybridized carbons (Fsp3) is 0.387. The summed E-state index contributed by atoms with van der Waals surface area (Å²) in [4.78, 5) is 40.8. The Hall–Kier alpha value is -3.65. The van der Waals surface area contributed by atoms with Gasteiger partial charge in [0.2, 0.25) is 17.5 Å². The fourth-order valence-electron chi connectivity index (χ4n) is 5.61. The van der Waals surface area contributed by atoms with Crippen LogP contribution < -0.4 is 4.57 Å². The third-order valence-electron chi connectivity index (χ3n) is 8.20. The van der Waals surface area contributed by atoms with Gasteiger partial charge in [0, 0.05) is 56.5 Å². The highest BCUT2D eigenvalue weighted by atomic mass is 127. The highest BCUT2D eigenvalue weighted by Gasteiger charge is 2.44. The van der Waals surface area contributed by atoms with Crippen LogP contribution in [-0.2, 0) is 31.7 Å². The number of aromatic nitrogens is 1. The maximum atomic E-state index is 12.6. The number of carbonyl (C=O) groups excluding carboxylic acids is 3. The minimum atomic E-state index is -4.12. The zero-order chi connectivity index (χ0) is 33.3. The lowest BCUT2D eigenvalue weighted by Crippen LogP contribution is -2.58. The van der Waals surface area contributed by atoms with E-state index in [0.717, 1.165) is 32.3 Å². The minimum absolute atomic E-state index is 0.122. The zero-order valence-corrected chi connectivity index (χ0v) is 28.3. The Kier molecular flexibility index (Phi) is 10.2. The Labute approximate surface area is 276 Å². The first kappa shape index (κ1) is 34.2. The van der Waals surface area contributed by atoms with Crippen LogP contribution in [0.15, 0.2) is 54.8 Å². The van der Waals surface area contributed by atoms with Crippen molar-refractivity contribution in [3.05, 3.63) is 77.1 Å². The second-order valence-corrected chi connectivity index (χ2v) is 13.9. The second-order valence-electron chi connectivity index (χ2n) is 11.5. The average Bonchev–Trinajstić information content (AvgIpc) is 3.22. The first-order valence-corrected chi connectivity index (χ1v) is 17.2. The smallest absolute Gasteiger partial charge is 0.328 e. The summed E-state index contributed by atoms with van der Waals surface area (Å²) >= 11 is 1.97. The van der Waals surface area contributed by atoms with E-state index in [2.05, 4.69) is 19.9 Å². The van der Waals surface area contributed by atoms with E-state index in [9.17, 15) is 33.2 Å². The normalized spacial score (nSPS) is 19.5. The van der Waals surface area contributed by atoms with Gasteiger partial charge in [-0.15, -0.1) is 0 Å². The van der Waals surface area contributed by atoms with Crippen LogP contribution in [0.5, 0.6) is 0 Å². The van der Waals surface area contributed by atoms with Gasteiger partial charge < -0.3 is 14.9 Å². The molecule has 1 aromatic heterocycles. The largest absolute Gasteiger partial charge is 0.372 e. The van der Waals surface area contributed by atoms with Crippen molar-refractivity contribution in [1.82, 2.24) is 14.7 Å². The van der Waals surface area contributed by atoms with Crippen LogP contribution in [0.25, 0.3) is 11.3 Å². The summed E-state index contributed by atoms with van der Waals surface area (Å²) in [7, 11) is -1.36. The summed E-state index contributed by atoms with van der Waals surface area (Å²) < 4.78 is 33.7. The number of amides is 4. The van der Waals surface area contributed by atoms with Gasteiger partial charge in [-0.2, -0.15) is 18.2 Å². The van der Waals surface area contributed by atoms with E-state index in [1.54, 1.807) is 11.0 Å². The number of benzene rings is 1. The number of halogens is 1. The van der Waals surface area contributed by atoms with E-state index in [4.69, 9.17) is 4.55 Å². The van der Waals surface area contributed by atoms with Crippen LogP contribution >= 0.6 is 22.6 Å². The number of allylic oxidation sites excluding steroid dienone is 3. The highest BCUT2D eigenvalue weighted by molar-refractivity contribution is 14.1. The molecule has 0 aliphatic carbocycles. The number of pyridine rings is 1. The molecule has 1 fully saturated rings. The lowest BCUT2D eigenvalue weighted by atomic mass is 9.82. The van der Waals surface area contributed by atoms with Gasteiger partial charge in [-0.1, -0.05) is 40.8 Å². The van der Waals surface area contributed by atoms with Gasteiger partial charge in [0.1, 0.15) is 12.1 Å². The fourth-order valence-corrected chi connectivity index (χ4v) is 6.59. The lowest BCUT2D eigenvalue weighted by Gasteiger charge is -2.37. The van der Waals surface area contributed by atoms with E-state index in [0.29, 0.717) is 11.1 Å². The molecule has 45 heavy (non-hydrogen) atoms. The number of hydrogen-bond donors (Lipinski definition) is 2. The number of aliphatic hydroxyl groups excluding tert-OH is 1. The number of nitrogens with zero attached hydrogens (tertiary/aromatic N) is 5. The van der Waals surface area contributed by atoms with Crippen molar-refractivity contribution in [3.63, 3.8) is 0 Å². The molecule has 0 bridgehead atoms. The second kappa shape index (κ2) is 13.4. The molecule has 1 aromatic carbocycles. The molecule has 4 rings (SSSR count). The van der Waals surface area contributed by atoms with E-state index >= 15 is 0 Å². The number of fused-ring (bicyclic) bond motifs is 3. The van der Waals surface area contributed by atoms with Gasteiger partial charge in [-0.05, 0) is 38.0 Å². The SMILES string of the molecule is CN1C(=O)C(/C=C/C=C(\C#N)c2cc[n+]3c(c2)C(C)(C)c2cc(CN(CCCS(=O)(=O)O)C(=O)CI)ccc2-3)C(O)N(C)C1=O.